The average Bonchev–Trinajstić information content (AvgIpc) is 3.16. The smallest absolute Gasteiger partial charge is 0.254 e. The van der Waals surface area contributed by atoms with Crippen LogP contribution in [0.25, 0.3) is 0 Å². The largest absolute Gasteiger partial charge is 0.350 e. The normalized spacial score (nSPS) is 12.5. The minimum Gasteiger partial charge on any atom is -0.350 e. The summed E-state index contributed by atoms with van der Waals surface area (Å²) in [5.74, 6) is -1.33. The van der Waals surface area contributed by atoms with Gasteiger partial charge in [-0.1, -0.05) is 29.8 Å². The zero-order valence-corrected chi connectivity index (χ0v) is 16.3. The Hall–Kier alpha value is -2.22. The molecule has 0 aliphatic rings. The summed E-state index contributed by atoms with van der Waals surface area (Å²) >= 11 is 7.12. The molecule has 0 radical (unpaired) electrons. The summed E-state index contributed by atoms with van der Waals surface area (Å²) in [6.07, 6.45) is 0. The van der Waals surface area contributed by atoms with E-state index in [1.807, 2.05) is 0 Å². The molecule has 0 aliphatic heterocycles. The first-order valence-corrected chi connectivity index (χ1v) is 10.8. The second-order valence-electron chi connectivity index (χ2n) is 5.69. The molecule has 2 aromatic carbocycles. The predicted octanol–water partition coefficient (Wildman–Crippen LogP) is 4.49. The maximum absolute atomic E-state index is 13.8. The standard InChI is InChI=1S/C19H15ClFNO3S2/c20-13-7-9-14(10-8-13)27(24,25)18(17-6-3-11-26-17)12-22-19(23)15-4-1-2-5-16(15)21/h1-11,18H,12H2,(H,22,23)/t18-/m0/s1. The Labute approximate surface area is 165 Å². The van der Waals surface area contributed by atoms with Gasteiger partial charge in [0.25, 0.3) is 5.91 Å². The third-order valence-electron chi connectivity index (χ3n) is 3.94. The lowest BCUT2D eigenvalue weighted by Crippen LogP contribution is -2.32. The van der Waals surface area contributed by atoms with Gasteiger partial charge in [0.15, 0.2) is 9.84 Å². The van der Waals surface area contributed by atoms with Crippen LogP contribution in [-0.2, 0) is 9.84 Å². The molecular formula is C19H15ClFNO3S2. The number of hydrogen-bond donors (Lipinski definition) is 1. The summed E-state index contributed by atoms with van der Waals surface area (Å²) in [6.45, 7) is -0.182. The van der Waals surface area contributed by atoms with Crippen LogP contribution in [0.2, 0.25) is 5.02 Å². The van der Waals surface area contributed by atoms with Crippen LogP contribution in [0, 0.1) is 5.82 Å². The van der Waals surface area contributed by atoms with Gasteiger partial charge in [0.05, 0.1) is 10.5 Å². The number of hydrogen-bond acceptors (Lipinski definition) is 4. The molecule has 1 amide bonds. The lowest BCUT2D eigenvalue weighted by molar-refractivity contribution is 0.0949. The molecule has 0 unspecified atom stereocenters. The highest BCUT2D eigenvalue weighted by molar-refractivity contribution is 7.91. The average molecular weight is 424 g/mol. The fourth-order valence-corrected chi connectivity index (χ4v) is 5.46. The van der Waals surface area contributed by atoms with Gasteiger partial charge in [-0.2, -0.15) is 0 Å². The molecule has 3 rings (SSSR count). The number of thiophene rings is 1. The van der Waals surface area contributed by atoms with E-state index in [1.54, 1.807) is 23.6 Å². The van der Waals surface area contributed by atoms with E-state index in [2.05, 4.69) is 5.32 Å². The van der Waals surface area contributed by atoms with Gasteiger partial charge in [0.2, 0.25) is 0 Å². The van der Waals surface area contributed by atoms with E-state index in [1.165, 1.54) is 53.8 Å². The zero-order valence-electron chi connectivity index (χ0n) is 13.9. The van der Waals surface area contributed by atoms with Crippen LogP contribution in [0.1, 0.15) is 20.5 Å². The van der Waals surface area contributed by atoms with Crippen molar-refractivity contribution < 1.29 is 17.6 Å². The van der Waals surface area contributed by atoms with E-state index < -0.39 is 26.8 Å². The maximum atomic E-state index is 13.8. The second kappa shape index (κ2) is 8.21. The lowest BCUT2D eigenvalue weighted by atomic mass is 10.2. The maximum Gasteiger partial charge on any atom is 0.254 e. The number of amides is 1. The Bertz CT molecular complexity index is 1040. The molecule has 1 aromatic heterocycles. The third kappa shape index (κ3) is 4.37. The predicted molar refractivity (Wildman–Crippen MR) is 104 cm³/mol. The van der Waals surface area contributed by atoms with Crippen molar-refractivity contribution in [2.45, 2.75) is 10.1 Å². The van der Waals surface area contributed by atoms with Crippen molar-refractivity contribution in [1.29, 1.82) is 0 Å². The highest BCUT2D eigenvalue weighted by Gasteiger charge is 2.30. The Balaban J connectivity index is 1.88. The molecule has 1 heterocycles. The Morgan fingerprint density at radius 3 is 2.41 bits per heavy atom. The quantitative estimate of drug-likeness (QED) is 0.635. The molecule has 140 valence electrons. The summed E-state index contributed by atoms with van der Waals surface area (Å²) in [4.78, 5) is 13.0. The first kappa shape index (κ1) is 19.5. The topological polar surface area (TPSA) is 63.2 Å². The first-order valence-electron chi connectivity index (χ1n) is 7.95. The van der Waals surface area contributed by atoms with Crippen molar-refractivity contribution >= 4 is 38.7 Å². The Morgan fingerprint density at radius 2 is 1.78 bits per heavy atom. The molecule has 1 atom stereocenters. The van der Waals surface area contributed by atoms with E-state index in [4.69, 9.17) is 11.6 Å². The monoisotopic (exact) mass is 423 g/mol. The van der Waals surface area contributed by atoms with Crippen LogP contribution in [0.3, 0.4) is 0 Å². The molecule has 27 heavy (non-hydrogen) atoms. The van der Waals surface area contributed by atoms with E-state index >= 15 is 0 Å². The van der Waals surface area contributed by atoms with Crippen LogP contribution in [0.4, 0.5) is 4.39 Å². The molecular weight excluding hydrogens is 409 g/mol. The molecule has 0 bridgehead atoms. The minimum absolute atomic E-state index is 0.102. The van der Waals surface area contributed by atoms with Crippen molar-refractivity contribution in [1.82, 2.24) is 5.32 Å². The third-order valence-corrected chi connectivity index (χ3v) is 7.43. The van der Waals surface area contributed by atoms with Crippen molar-refractivity contribution in [2.75, 3.05) is 6.54 Å². The number of carbonyl (C=O) groups excluding carboxylic acids is 1. The highest BCUT2D eigenvalue weighted by atomic mass is 35.5. The summed E-state index contributed by atoms with van der Waals surface area (Å²) < 4.78 is 40.0. The van der Waals surface area contributed by atoms with E-state index in [0.717, 1.165) is 0 Å². The molecule has 0 saturated carbocycles. The van der Waals surface area contributed by atoms with Gasteiger partial charge < -0.3 is 5.32 Å². The van der Waals surface area contributed by atoms with Gasteiger partial charge >= 0.3 is 0 Å². The van der Waals surface area contributed by atoms with Gasteiger partial charge in [0.1, 0.15) is 11.1 Å². The molecule has 0 saturated heterocycles. The Kier molecular flexibility index (Phi) is 5.94. The van der Waals surface area contributed by atoms with Crippen LogP contribution in [-0.4, -0.2) is 20.9 Å². The van der Waals surface area contributed by atoms with Crippen LogP contribution in [0.15, 0.2) is 70.9 Å². The number of benzene rings is 2. The van der Waals surface area contributed by atoms with Gasteiger partial charge in [-0.3, -0.25) is 4.79 Å². The highest BCUT2D eigenvalue weighted by Crippen LogP contribution is 2.32. The van der Waals surface area contributed by atoms with Crippen molar-refractivity contribution in [3.8, 4) is 0 Å². The zero-order chi connectivity index (χ0) is 19.4. The molecule has 1 N–H and O–H groups in total. The molecule has 3 aromatic rings. The van der Waals surface area contributed by atoms with Crippen molar-refractivity contribution in [3.05, 3.63) is 87.3 Å². The number of carbonyl (C=O) groups is 1. The molecule has 0 aliphatic carbocycles. The number of sulfone groups is 1. The van der Waals surface area contributed by atoms with Crippen LogP contribution in [0.5, 0.6) is 0 Å². The first-order chi connectivity index (χ1) is 12.9. The lowest BCUT2D eigenvalue weighted by Gasteiger charge is -2.17. The van der Waals surface area contributed by atoms with Gasteiger partial charge in [-0.05, 0) is 47.8 Å². The van der Waals surface area contributed by atoms with Crippen LogP contribution < -0.4 is 5.32 Å². The van der Waals surface area contributed by atoms with Crippen LogP contribution >= 0.6 is 22.9 Å². The number of rotatable bonds is 6. The fraction of sp³-hybridized carbons (Fsp3) is 0.105. The van der Waals surface area contributed by atoms with Crippen molar-refractivity contribution in [2.24, 2.45) is 0 Å². The summed E-state index contributed by atoms with van der Waals surface area (Å²) in [5, 5.41) is 3.73. The van der Waals surface area contributed by atoms with E-state index in [9.17, 15) is 17.6 Å². The molecule has 8 heteroatoms. The fourth-order valence-electron chi connectivity index (χ4n) is 2.55. The molecule has 0 spiro atoms. The van der Waals surface area contributed by atoms with E-state index in [0.29, 0.717) is 9.90 Å². The minimum atomic E-state index is -3.79. The Morgan fingerprint density at radius 1 is 1.07 bits per heavy atom. The molecule has 0 fully saturated rings. The second-order valence-corrected chi connectivity index (χ2v) is 9.24. The van der Waals surface area contributed by atoms with Crippen molar-refractivity contribution in [3.63, 3.8) is 0 Å². The summed E-state index contributed by atoms with van der Waals surface area (Å²) in [6, 6.07) is 14.8. The number of halogens is 2. The SMILES string of the molecule is O=C(NC[C@@H](c1cccs1)S(=O)(=O)c1ccc(Cl)cc1)c1ccccc1F. The summed E-state index contributed by atoms with van der Waals surface area (Å²) in [5.41, 5.74) is -0.133. The summed E-state index contributed by atoms with van der Waals surface area (Å²) in [7, 11) is -3.79. The molecule has 4 nitrogen and oxygen atoms in total. The van der Waals surface area contributed by atoms with Gasteiger partial charge in [0, 0.05) is 16.4 Å². The number of nitrogens with one attached hydrogen (secondary N) is 1. The van der Waals surface area contributed by atoms with Gasteiger partial charge in [-0.25, -0.2) is 12.8 Å². The van der Waals surface area contributed by atoms with Gasteiger partial charge in [-0.15, -0.1) is 11.3 Å². The van der Waals surface area contributed by atoms with E-state index in [-0.39, 0.29) is 17.0 Å².